The minimum atomic E-state index is -0.258. The summed E-state index contributed by atoms with van der Waals surface area (Å²) in [4.78, 5) is 10.7. The predicted octanol–water partition coefficient (Wildman–Crippen LogP) is 0.428. The van der Waals surface area contributed by atoms with Crippen molar-refractivity contribution in [3.05, 3.63) is 12.3 Å². The molecule has 0 radical (unpaired) electrons. The van der Waals surface area contributed by atoms with Crippen LogP contribution in [0.4, 0.5) is 6.01 Å². The predicted molar refractivity (Wildman–Crippen MR) is 50.8 cm³/mol. The van der Waals surface area contributed by atoms with Gasteiger partial charge in [0.05, 0.1) is 0 Å². The van der Waals surface area contributed by atoms with Crippen LogP contribution in [0.5, 0.6) is 0 Å². The van der Waals surface area contributed by atoms with Gasteiger partial charge in [0, 0.05) is 20.2 Å². The monoisotopic (exact) mass is 207 g/mol. The minimum absolute atomic E-state index is 0.0724. The third-order valence-corrected chi connectivity index (χ3v) is 1.64. The van der Waals surface area contributed by atoms with Crippen molar-refractivity contribution in [3.63, 3.8) is 0 Å². The molecule has 0 aliphatic heterocycles. The number of rotatable bonds is 2. The Labute approximate surface area is 85.1 Å². The van der Waals surface area contributed by atoms with Gasteiger partial charge in [-0.15, -0.1) is 5.10 Å². The minimum Gasteiger partial charge on any atom is -0.401 e. The van der Waals surface area contributed by atoms with Crippen molar-refractivity contribution in [2.45, 2.75) is 6.92 Å². The van der Waals surface area contributed by atoms with Crippen molar-refractivity contribution in [2.24, 2.45) is 7.05 Å². The van der Waals surface area contributed by atoms with Gasteiger partial charge in [-0.2, -0.15) is 5.10 Å². The Hall–Kier alpha value is -2.18. The van der Waals surface area contributed by atoms with E-state index < -0.39 is 0 Å². The highest BCUT2D eigenvalue weighted by Crippen LogP contribution is 2.16. The van der Waals surface area contributed by atoms with Gasteiger partial charge in [0.15, 0.2) is 0 Å². The Balaban J connectivity index is 2.23. The zero-order chi connectivity index (χ0) is 10.8. The van der Waals surface area contributed by atoms with E-state index in [1.807, 2.05) is 0 Å². The quantitative estimate of drug-likeness (QED) is 0.771. The number of carbonyl (C=O) groups is 1. The first-order valence-electron chi connectivity index (χ1n) is 4.26. The van der Waals surface area contributed by atoms with Crippen molar-refractivity contribution in [1.82, 2.24) is 20.0 Å². The van der Waals surface area contributed by atoms with Crippen LogP contribution in [0.2, 0.25) is 0 Å². The number of nitrogens with zero attached hydrogens (tertiary/aromatic N) is 4. The lowest BCUT2D eigenvalue weighted by molar-refractivity contribution is -0.114. The van der Waals surface area contributed by atoms with Crippen molar-refractivity contribution < 1.29 is 9.21 Å². The van der Waals surface area contributed by atoms with E-state index in [1.165, 1.54) is 6.92 Å². The molecule has 0 atom stereocenters. The molecular formula is C8H9N5O2. The van der Waals surface area contributed by atoms with Gasteiger partial charge in [-0.05, 0) is 6.07 Å². The molecule has 2 heterocycles. The molecule has 7 nitrogen and oxygen atoms in total. The van der Waals surface area contributed by atoms with Gasteiger partial charge in [-0.3, -0.25) is 14.8 Å². The van der Waals surface area contributed by atoms with Crippen LogP contribution < -0.4 is 5.32 Å². The molecule has 1 N–H and O–H groups in total. The summed E-state index contributed by atoms with van der Waals surface area (Å²) < 4.78 is 6.79. The fourth-order valence-corrected chi connectivity index (χ4v) is 1.06. The maximum absolute atomic E-state index is 10.7. The summed E-state index contributed by atoms with van der Waals surface area (Å²) in [6.07, 6.45) is 1.76. The van der Waals surface area contributed by atoms with Gasteiger partial charge in [0.2, 0.25) is 5.91 Å². The average Bonchev–Trinajstić information content (AvgIpc) is 2.72. The van der Waals surface area contributed by atoms with E-state index in [0.717, 1.165) is 0 Å². The van der Waals surface area contributed by atoms with E-state index >= 15 is 0 Å². The van der Waals surface area contributed by atoms with Crippen LogP contribution in [0.25, 0.3) is 11.6 Å². The molecule has 0 saturated heterocycles. The molecule has 0 aliphatic rings. The van der Waals surface area contributed by atoms with Crippen molar-refractivity contribution in [1.29, 1.82) is 0 Å². The van der Waals surface area contributed by atoms with E-state index in [4.69, 9.17) is 4.42 Å². The van der Waals surface area contributed by atoms with Crippen molar-refractivity contribution in [2.75, 3.05) is 5.32 Å². The van der Waals surface area contributed by atoms with Crippen LogP contribution in [-0.4, -0.2) is 25.9 Å². The highest BCUT2D eigenvalue weighted by atomic mass is 16.4. The molecule has 15 heavy (non-hydrogen) atoms. The summed E-state index contributed by atoms with van der Waals surface area (Å²) >= 11 is 0. The fraction of sp³-hybridized carbons (Fsp3) is 0.250. The average molecular weight is 207 g/mol. The summed E-state index contributed by atoms with van der Waals surface area (Å²) in [5.41, 5.74) is 0.571. The lowest BCUT2D eigenvalue weighted by atomic mass is 10.4. The normalized spacial score (nSPS) is 10.3. The largest absolute Gasteiger partial charge is 0.401 e. The zero-order valence-electron chi connectivity index (χ0n) is 8.26. The lowest BCUT2D eigenvalue weighted by Crippen LogP contribution is -2.05. The number of amides is 1. The molecule has 0 saturated carbocycles. The standard InChI is InChI=1S/C8H9N5O2/c1-5(14)9-8-11-10-7(15-8)6-3-4-13(2)12-6/h3-4H,1-2H3,(H,9,11,14). The Morgan fingerprint density at radius 3 is 2.93 bits per heavy atom. The molecule has 7 heteroatoms. The molecular weight excluding hydrogens is 198 g/mol. The van der Waals surface area contributed by atoms with E-state index in [2.05, 4.69) is 20.6 Å². The summed E-state index contributed by atoms with van der Waals surface area (Å²) in [6.45, 7) is 1.37. The molecule has 1 amide bonds. The molecule has 0 spiro atoms. The molecule has 0 bridgehead atoms. The van der Waals surface area contributed by atoms with Gasteiger partial charge >= 0.3 is 6.01 Å². The number of anilines is 1. The lowest BCUT2D eigenvalue weighted by Gasteiger charge is -1.90. The highest BCUT2D eigenvalue weighted by Gasteiger charge is 2.11. The Bertz CT molecular complexity index is 487. The Kier molecular flexibility index (Phi) is 2.20. The van der Waals surface area contributed by atoms with E-state index in [1.54, 1.807) is 24.0 Å². The molecule has 2 aromatic rings. The molecule has 0 aromatic carbocycles. The maximum Gasteiger partial charge on any atom is 0.322 e. The van der Waals surface area contributed by atoms with E-state index in [0.29, 0.717) is 5.69 Å². The fourth-order valence-electron chi connectivity index (χ4n) is 1.06. The maximum atomic E-state index is 10.7. The number of hydrogen-bond acceptors (Lipinski definition) is 5. The van der Waals surface area contributed by atoms with Gasteiger partial charge in [-0.1, -0.05) is 5.10 Å². The molecule has 2 aromatic heterocycles. The first-order chi connectivity index (χ1) is 7.15. The highest BCUT2D eigenvalue weighted by molar-refractivity contribution is 5.86. The van der Waals surface area contributed by atoms with Crippen LogP contribution >= 0.6 is 0 Å². The molecule has 0 unspecified atom stereocenters. The number of hydrogen-bond donors (Lipinski definition) is 1. The molecule has 2 rings (SSSR count). The van der Waals surface area contributed by atoms with Crippen molar-refractivity contribution in [3.8, 4) is 11.6 Å². The number of aromatic nitrogens is 4. The molecule has 0 fully saturated rings. The Morgan fingerprint density at radius 1 is 1.53 bits per heavy atom. The van der Waals surface area contributed by atoms with Crippen LogP contribution in [0, 0.1) is 0 Å². The zero-order valence-corrected chi connectivity index (χ0v) is 8.26. The molecule has 78 valence electrons. The Morgan fingerprint density at radius 2 is 2.33 bits per heavy atom. The second kappa shape index (κ2) is 3.52. The topological polar surface area (TPSA) is 85.8 Å². The van der Waals surface area contributed by atoms with Gasteiger partial charge in [0.1, 0.15) is 5.69 Å². The van der Waals surface area contributed by atoms with E-state index in [9.17, 15) is 4.79 Å². The van der Waals surface area contributed by atoms with Crippen molar-refractivity contribution >= 4 is 11.9 Å². The van der Waals surface area contributed by atoms with Gasteiger partial charge < -0.3 is 4.42 Å². The third kappa shape index (κ3) is 2.01. The molecule has 0 aliphatic carbocycles. The van der Waals surface area contributed by atoms with Gasteiger partial charge in [0.25, 0.3) is 5.89 Å². The summed E-state index contributed by atoms with van der Waals surface area (Å²) in [5.74, 6) is 0.0190. The third-order valence-electron chi connectivity index (χ3n) is 1.64. The summed E-state index contributed by atoms with van der Waals surface area (Å²) in [6, 6.07) is 1.81. The number of nitrogens with one attached hydrogen (secondary N) is 1. The second-order valence-corrected chi connectivity index (χ2v) is 2.97. The van der Waals surface area contributed by atoms with Crippen LogP contribution in [0.1, 0.15) is 6.92 Å². The number of aryl methyl sites for hydroxylation is 1. The van der Waals surface area contributed by atoms with Crippen LogP contribution in [0.15, 0.2) is 16.7 Å². The van der Waals surface area contributed by atoms with E-state index in [-0.39, 0.29) is 17.8 Å². The van der Waals surface area contributed by atoms with Gasteiger partial charge in [-0.25, -0.2) is 0 Å². The van der Waals surface area contributed by atoms with Crippen LogP contribution in [0.3, 0.4) is 0 Å². The first-order valence-corrected chi connectivity index (χ1v) is 4.26. The summed E-state index contributed by atoms with van der Waals surface area (Å²) in [5, 5.41) is 13.9. The van der Waals surface area contributed by atoms with Crippen LogP contribution in [-0.2, 0) is 11.8 Å². The second-order valence-electron chi connectivity index (χ2n) is 2.97. The number of carbonyl (C=O) groups excluding carboxylic acids is 1. The summed E-state index contributed by atoms with van der Waals surface area (Å²) in [7, 11) is 1.79. The SMILES string of the molecule is CC(=O)Nc1nnc(-c2ccn(C)n2)o1. The first kappa shape index (κ1) is 9.38. The smallest absolute Gasteiger partial charge is 0.322 e.